The Kier molecular flexibility index (Phi) is 1.77. The van der Waals surface area contributed by atoms with Crippen molar-refractivity contribution in [3.05, 3.63) is 43.9 Å². The quantitative estimate of drug-likeness (QED) is 0.607. The first-order valence-corrected chi connectivity index (χ1v) is 4.26. The summed E-state index contributed by atoms with van der Waals surface area (Å²) in [5, 5.41) is 12.2. The molecule has 2 rings (SSSR count). The van der Waals surface area contributed by atoms with Crippen LogP contribution in [0, 0.1) is 0 Å². The molecule has 1 aromatic rings. The summed E-state index contributed by atoms with van der Waals surface area (Å²) in [6.45, 7) is 2.46. The molecule has 0 spiro atoms. The standard InChI is InChI=1S/C10H9NO3/c1-5-4-6(2-3-11-5)7-8(12)10(14)9(7)13/h2,4,11-12H,3H2,1H3. The Balaban J connectivity index is 2.49. The first kappa shape index (κ1) is 8.74. The number of aromatic hydroxyl groups is 1. The lowest BCUT2D eigenvalue weighted by Gasteiger charge is -2.14. The maximum Gasteiger partial charge on any atom is 0.268 e. The Morgan fingerprint density at radius 3 is 2.64 bits per heavy atom. The third kappa shape index (κ3) is 1.08. The Bertz CT molecular complexity index is 516. The second-order valence-electron chi connectivity index (χ2n) is 3.25. The SMILES string of the molecule is CC1=CC(c2c(O)c(=O)c2=O)=CCN1. The molecule has 72 valence electrons. The molecule has 0 saturated carbocycles. The van der Waals surface area contributed by atoms with Crippen molar-refractivity contribution in [3.8, 4) is 5.75 Å². The highest BCUT2D eigenvalue weighted by molar-refractivity contribution is 5.80. The molecule has 2 N–H and O–H groups in total. The molecule has 1 heterocycles. The van der Waals surface area contributed by atoms with Crippen molar-refractivity contribution in [1.29, 1.82) is 0 Å². The van der Waals surface area contributed by atoms with Crippen molar-refractivity contribution >= 4 is 5.57 Å². The summed E-state index contributed by atoms with van der Waals surface area (Å²) in [6, 6.07) is 0. The normalized spacial score (nSPS) is 16.1. The van der Waals surface area contributed by atoms with Crippen LogP contribution >= 0.6 is 0 Å². The Morgan fingerprint density at radius 2 is 2.07 bits per heavy atom. The minimum Gasteiger partial charge on any atom is -0.503 e. The third-order valence-corrected chi connectivity index (χ3v) is 2.25. The van der Waals surface area contributed by atoms with Crippen molar-refractivity contribution in [1.82, 2.24) is 5.32 Å². The summed E-state index contributed by atoms with van der Waals surface area (Å²) in [6.07, 6.45) is 3.50. The van der Waals surface area contributed by atoms with Crippen molar-refractivity contribution in [2.24, 2.45) is 0 Å². The van der Waals surface area contributed by atoms with Crippen LogP contribution in [0.25, 0.3) is 5.57 Å². The molecule has 4 heteroatoms. The monoisotopic (exact) mass is 191 g/mol. The van der Waals surface area contributed by atoms with E-state index >= 15 is 0 Å². The zero-order valence-corrected chi connectivity index (χ0v) is 7.63. The first-order valence-electron chi connectivity index (χ1n) is 4.26. The van der Waals surface area contributed by atoms with Crippen molar-refractivity contribution in [2.75, 3.05) is 6.54 Å². The zero-order valence-electron chi connectivity index (χ0n) is 7.63. The summed E-state index contributed by atoms with van der Waals surface area (Å²) in [5.41, 5.74) is 0.305. The molecule has 0 aromatic heterocycles. The van der Waals surface area contributed by atoms with Crippen molar-refractivity contribution < 1.29 is 5.11 Å². The number of hydrogen-bond donors (Lipinski definition) is 2. The molecule has 0 radical (unpaired) electrons. The van der Waals surface area contributed by atoms with Gasteiger partial charge in [-0.05, 0) is 18.6 Å². The van der Waals surface area contributed by atoms with Crippen LogP contribution in [0.4, 0.5) is 0 Å². The molecule has 0 amide bonds. The van der Waals surface area contributed by atoms with Crippen LogP contribution in [-0.2, 0) is 0 Å². The van der Waals surface area contributed by atoms with E-state index in [0.717, 1.165) is 5.70 Å². The van der Waals surface area contributed by atoms with Gasteiger partial charge in [-0.1, -0.05) is 6.08 Å². The van der Waals surface area contributed by atoms with Gasteiger partial charge in [0.2, 0.25) is 5.43 Å². The second kappa shape index (κ2) is 2.83. The summed E-state index contributed by atoms with van der Waals surface area (Å²) < 4.78 is 0. The van der Waals surface area contributed by atoms with E-state index in [9.17, 15) is 14.7 Å². The molecule has 0 bridgehead atoms. The van der Waals surface area contributed by atoms with Gasteiger partial charge in [-0.3, -0.25) is 9.59 Å². The molecule has 14 heavy (non-hydrogen) atoms. The third-order valence-electron chi connectivity index (χ3n) is 2.25. The van der Waals surface area contributed by atoms with E-state index in [4.69, 9.17) is 0 Å². The number of dihydropyridines is 1. The molecule has 4 nitrogen and oxygen atoms in total. The molecule has 1 aromatic carbocycles. The number of allylic oxidation sites excluding steroid dienone is 3. The molecule has 0 unspecified atom stereocenters. The smallest absolute Gasteiger partial charge is 0.268 e. The first-order chi connectivity index (χ1) is 6.61. The van der Waals surface area contributed by atoms with E-state index in [2.05, 4.69) is 5.32 Å². The van der Waals surface area contributed by atoms with Gasteiger partial charge in [-0.15, -0.1) is 0 Å². The lowest BCUT2D eigenvalue weighted by Crippen LogP contribution is -2.34. The predicted octanol–water partition coefficient (Wildman–Crippen LogP) is -0.121. The van der Waals surface area contributed by atoms with E-state index < -0.39 is 16.6 Å². The fraction of sp³-hybridized carbons (Fsp3) is 0.200. The van der Waals surface area contributed by atoms with Gasteiger partial charge in [0.1, 0.15) is 0 Å². The molecule has 0 atom stereocenters. The van der Waals surface area contributed by atoms with Crippen LogP contribution in [0.3, 0.4) is 0 Å². The van der Waals surface area contributed by atoms with Gasteiger partial charge in [0, 0.05) is 12.2 Å². The van der Waals surface area contributed by atoms with Crippen molar-refractivity contribution in [2.45, 2.75) is 6.92 Å². The molecule has 0 aliphatic carbocycles. The zero-order chi connectivity index (χ0) is 10.3. The molecule has 1 aliphatic heterocycles. The van der Waals surface area contributed by atoms with Crippen molar-refractivity contribution in [3.63, 3.8) is 0 Å². The van der Waals surface area contributed by atoms with Crippen LogP contribution in [-0.4, -0.2) is 11.7 Å². The van der Waals surface area contributed by atoms with Gasteiger partial charge in [-0.25, -0.2) is 0 Å². The van der Waals surface area contributed by atoms with Crippen LogP contribution in [0.5, 0.6) is 5.75 Å². The Morgan fingerprint density at radius 1 is 1.36 bits per heavy atom. The lowest BCUT2D eigenvalue weighted by molar-refractivity contribution is 0.460. The van der Waals surface area contributed by atoms with Gasteiger partial charge < -0.3 is 10.4 Å². The summed E-state index contributed by atoms with van der Waals surface area (Å²) in [7, 11) is 0. The van der Waals surface area contributed by atoms with Gasteiger partial charge in [-0.2, -0.15) is 0 Å². The minimum atomic E-state index is -0.787. The predicted molar refractivity (Wildman–Crippen MR) is 52.8 cm³/mol. The molecule has 0 saturated heterocycles. The molecular formula is C10H9NO3. The van der Waals surface area contributed by atoms with E-state index in [-0.39, 0.29) is 5.56 Å². The number of hydrogen-bond acceptors (Lipinski definition) is 4. The van der Waals surface area contributed by atoms with Gasteiger partial charge in [0.25, 0.3) is 5.43 Å². The van der Waals surface area contributed by atoms with Crippen LogP contribution in [0.15, 0.2) is 27.4 Å². The van der Waals surface area contributed by atoms with E-state index in [1.54, 1.807) is 12.2 Å². The fourth-order valence-electron chi connectivity index (χ4n) is 1.49. The van der Waals surface area contributed by atoms with Gasteiger partial charge >= 0.3 is 0 Å². The fourth-order valence-corrected chi connectivity index (χ4v) is 1.49. The highest BCUT2D eigenvalue weighted by Crippen LogP contribution is 2.23. The summed E-state index contributed by atoms with van der Waals surface area (Å²) in [5.74, 6) is -0.410. The highest BCUT2D eigenvalue weighted by Gasteiger charge is 2.22. The number of rotatable bonds is 1. The largest absolute Gasteiger partial charge is 0.503 e. The van der Waals surface area contributed by atoms with E-state index in [1.165, 1.54) is 0 Å². The second-order valence-corrected chi connectivity index (χ2v) is 3.25. The summed E-state index contributed by atoms with van der Waals surface area (Å²) in [4.78, 5) is 21.9. The summed E-state index contributed by atoms with van der Waals surface area (Å²) >= 11 is 0. The topological polar surface area (TPSA) is 66.4 Å². The van der Waals surface area contributed by atoms with Crippen LogP contribution in [0.1, 0.15) is 12.5 Å². The number of nitrogens with one attached hydrogen (secondary N) is 1. The molecule has 1 aliphatic rings. The average molecular weight is 191 g/mol. The Hall–Kier alpha value is -1.84. The van der Waals surface area contributed by atoms with Gasteiger partial charge in [0.15, 0.2) is 5.75 Å². The average Bonchev–Trinajstić information content (AvgIpc) is 2.18. The lowest BCUT2D eigenvalue weighted by atomic mass is 9.97. The molecule has 0 fully saturated rings. The van der Waals surface area contributed by atoms with E-state index in [1.807, 2.05) is 6.92 Å². The Labute approximate surface area is 79.9 Å². The van der Waals surface area contributed by atoms with Gasteiger partial charge in [0.05, 0.1) is 5.56 Å². The van der Waals surface area contributed by atoms with Crippen LogP contribution in [0.2, 0.25) is 0 Å². The van der Waals surface area contributed by atoms with E-state index in [0.29, 0.717) is 12.1 Å². The van der Waals surface area contributed by atoms with Crippen LogP contribution < -0.4 is 16.2 Å². The minimum absolute atomic E-state index is 0.149. The molecular weight excluding hydrogens is 182 g/mol. The maximum absolute atomic E-state index is 11.1. The highest BCUT2D eigenvalue weighted by atomic mass is 16.3. The maximum atomic E-state index is 11.1.